The van der Waals surface area contributed by atoms with Gasteiger partial charge in [-0.3, -0.25) is 4.79 Å². The van der Waals surface area contributed by atoms with Gasteiger partial charge in [0.25, 0.3) is 0 Å². The minimum Gasteiger partial charge on any atom is -0.293 e. The van der Waals surface area contributed by atoms with E-state index in [0.717, 1.165) is 14.9 Å². The summed E-state index contributed by atoms with van der Waals surface area (Å²) >= 11 is 4.88. The number of hydrogen-bond acceptors (Lipinski definition) is 2. The van der Waals surface area contributed by atoms with Gasteiger partial charge in [-0.05, 0) is 32.9 Å². The van der Waals surface area contributed by atoms with Crippen LogP contribution in [0.2, 0.25) is 0 Å². The molecule has 1 unspecified atom stereocenters. The zero-order valence-corrected chi connectivity index (χ0v) is 11.2. The van der Waals surface area contributed by atoms with E-state index in [1.807, 2.05) is 48.7 Å². The van der Waals surface area contributed by atoms with Gasteiger partial charge in [0.2, 0.25) is 0 Å². The predicted molar refractivity (Wildman–Crippen MR) is 71.2 cm³/mol. The first-order valence-electron chi connectivity index (χ1n) is 5.02. The molecule has 2 rings (SSSR count). The fourth-order valence-corrected chi connectivity index (χ4v) is 3.16. The maximum atomic E-state index is 12.2. The topological polar surface area (TPSA) is 17.1 Å². The summed E-state index contributed by atoms with van der Waals surface area (Å²) in [6.45, 7) is 1.95. The van der Waals surface area contributed by atoms with Crippen molar-refractivity contribution < 1.29 is 4.79 Å². The monoisotopic (exact) mass is 294 g/mol. The molecule has 1 heterocycles. The first kappa shape index (κ1) is 11.6. The van der Waals surface area contributed by atoms with Crippen molar-refractivity contribution in [1.82, 2.24) is 0 Å². The van der Waals surface area contributed by atoms with Gasteiger partial charge in [0, 0.05) is 10.4 Å². The predicted octanol–water partition coefficient (Wildman–Crippen LogP) is 4.50. The Morgan fingerprint density at radius 2 is 1.94 bits per heavy atom. The molecule has 1 aromatic carbocycles. The molecule has 0 saturated carbocycles. The fraction of sp³-hybridized carbons (Fsp3) is 0.154. The molecule has 0 bridgehead atoms. The molecule has 0 aliphatic heterocycles. The van der Waals surface area contributed by atoms with Crippen LogP contribution in [0.3, 0.4) is 0 Å². The smallest absolute Gasteiger partial charge is 0.181 e. The summed E-state index contributed by atoms with van der Waals surface area (Å²) in [5.41, 5.74) is 1.06. The Kier molecular flexibility index (Phi) is 3.56. The van der Waals surface area contributed by atoms with Crippen LogP contribution in [0, 0.1) is 0 Å². The summed E-state index contributed by atoms with van der Waals surface area (Å²) < 4.78 is 0.894. The van der Waals surface area contributed by atoms with Gasteiger partial charge in [-0.2, -0.15) is 0 Å². The summed E-state index contributed by atoms with van der Waals surface area (Å²) in [5, 5.41) is 1.93. The van der Waals surface area contributed by atoms with Crippen LogP contribution in [0.25, 0.3) is 0 Å². The van der Waals surface area contributed by atoms with E-state index in [-0.39, 0.29) is 11.7 Å². The van der Waals surface area contributed by atoms with Crippen LogP contribution in [0.1, 0.15) is 28.1 Å². The molecule has 0 N–H and O–H groups in total. The standard InChI is InChI=1S/C13H11BrOS/c1-9(10-5-3-2-4-6-10)12(15)13-11(14)7-8-16-13/h2-9H,1H3. The largest absolute Gasteiger partial charge is 0.293 e. The average molecular weight is 295 g/mol. The summed E-state index contributed by atoms with van der Waals surface area (Å²) in [6, 6.07) is 11.8. The number of carbonyl (C=O) groups is 1. The number of thiophene rings is 1. The highest BCUT2D eigenvalue weighted by atomic mass is 79.9. The van der Waals surface area contributed by atoms with E-state index in [9.17, 15) is 4.79 Å². The van der Waals surface area contributed by atoms with E-state index in [1.165, 1.54) is 11.3 Å². The Morgan fingerprint density at radius 1 is 1.25 bits per heavy atom. The summed E-state index contributed by atoms with van der Waals surface area (Å²) in [4.78, 5) is 13.0. The number of ketones is 1. The van der Waals surface area contributed by atoms with Gasteiger partial charge >= 0.3 is 0 Å². The molecule has 1 nitrogen and oxygen atoms in total. The summed E-state index contributed by atoms with van der Waals surface area (Å²) in [6.07, 6.45) is 0. The second kappa shape index (κ2) is 4.93. The van der Waals surface area contributed by atoms with Crippen molar-refractivity contribution in [1.29, 1.82) is 0 Å². The highest BCUT2D eigenvalue weighted by molar-refractivity contribution is 9.10. The minimum atomic E-state index is -0.0869. The molecule has 2 aromatic rings. The molecule has 0 fully saturated rings. The molecule has 0 aliphatic carbocycles. The lowest BCUT2D eigenvalue weighted by Crippen LogP contribution is -2.08. The van der Waals surface area contributed by atoms with E-state index in [2.05, 4.69) is 15.9 Å². The molecule has 82 valence electrons. The molecule has 0 aliphatic rings. The Hall–Kier alpha value is -0.930. The first-order chi connectivity index (χ1) is 7.70. The van der Waals surface area contributed by atoms with Crippen molar-refractivity contribution in [3.8, 4) is 0 Å². The van der Waals surface area contributed by atoms with E-state index < -0.39 is 0 Å². The number of hydrogen-bond donors (Lipinski definition) is 0. The van der Waals surface area contributed by atoms with Gasteiger partial charge < -0.3 is 0 Å². The first-order valence-corrected chi connectivity index (χ1v) is 6.69. The van der Waals surface area contributed by atoms with Gasteiger partial charge in [0.05, 0.1) is 4.88 Å². The normalized spacial score (nSPS) is 12.4. The Morgan fingerprint density at radius 3 is 2.50 bits per heavy atom. The summed E-state index contributed by atoms with van der Waals surface area (Å²) in [5.74, 6) is 0.0872. The molecule has 16 heavy (non-hydrogen) atoms. The molecule has 3 heteroatoms. The second-order valence-electron chi connectivity index (χ2n) is 3.59. The zero-order chi connectivity index (χ0) is 11.5. The number of Topliss-reactive ketones (excluding diaryl/α,β-unsaturated/α-hetero) is 1. The maximum absolute atomic E-state index is 12.2. The molecule has 0 amide bonds. The van der Waals surface area contributed by atoms with Crippen LogP contribution in [-0.4, -0.2) is 5.78 Å². The van der Waals surface area contributed by atoms with Gasteiger partial charge in [-0.1, -0.05) is 37.3 Å². The van der Waals surface area contributed by atoms with Crippen LogP contribution in [0.5, 0.6) is 0 Å². The number of benzene rings is 1. The second-order valence-corrected chi connectivity index (χ2v) is 5.36. The lowest BCUT2D eigenvalue weighted by molar-refractivity contribution is 0.0969. The highest BCUT2D eigenvalue weighted by Gasteiger charge is 2.19. The van der Waals surface area contributed by atoms with Crippen molar-refractivity contribution in [2.24, 2.45) is 0 Å². The van der Waals surface area contributed by atoms with E-state index in [4.69, 9.17) is 0 Å². The molecule has 0 spiro atoms. The van der Waals surface area contributed by atoms with E-state index in [0.29, 0.717) is 0 Å². The quantitative estimate of drug-likeness (QED) is 0.762. The Balaban J connectivity index is 2.27. The Bertz CT molecular complexity index is 490. The van der Waals surface area contributed by atoms with Crippen molar-refractivity contribution in [2.75, 3.05) is 0 Å². The van der Waals surface area contributed by atoms with E-state index in [1.54, 1.807) is 0 Å². The van der Waals surface area contributed by atoms with Gasteiger partial charge in [-0.15, -0.1) is 11.3 Å². The van der Waals surface area contributed by atoms with Gasteiger partial charge in [0.1, 0.15) is 0 Å². The minimum absolute atomic E-state index is 0.0869. The van der Waals surface area contributed by atoms with Crippen molar-refractivity contribution in [2.45, 2.75) is 12.8 Å². The zero-order valence-electron chi connectivity index (χ0n) is 8.81. The number of halogens is 1. The number of carbonyl (C=O) groups excluding carboxylic acids is 1. The van der Waals surface area contributed by atoms with E-state index >= 15 is 0 Å². The molecule has 0 radical (unpaired) electrons. The van der Waals surface area contributed by atoms with Crippen LogP contribution >= 0.6 is 27.3 Å². The third kappa shape index (κ3) is 2.25. The lowest BCUT2D eigenvalue weighted by atomic mass is 9.96. The average Bonchev–Trinajstić information content (AvgIpc) is 2.75. The maximum Gasteiger partial charge on any atom is 0.181 e. The van der Waals surface area contributed by atoms with Crippen molar-refractivity contribution in [3.63, 3.8) is 0 Å². The van der Waals surface area contributed by atoms with Crippen LogP contribution < -0.4 is 0 Å². The van der Waals surface area contributed by atoms with Crippen molar-refractivity contribution in [3.05, 3.63) is 56.7 Å². The summed E-state index contributed by atoms with van der Waals surface area (Å²) in [7, 11) is 0. The van der Waals surface area contributed by atoms with Crippen LogP contribution in [0.4, 0.5) is 0 Å². The van der Waals surface area contributed by atoms with Gasteiger partial charge in [-0.25, -0.2) is 0 Å². The fourth-order valence-electron chi connectivity index (χ4n) is 1.56. The molecular weight excluding hydrogens is 284 g/mol. The Labute approximate surface area is 107 Å². The SMILES string of the molecule is CC(C(=O)c1sccc1Br)c1ccccc1. The third-order valence-electron chi connectivity index (χ3n) is 2.53. The lowest BCUT2D eigenvalue weighted by Gasteiger charge is -2.09. The van der Waals surface area contributed by atoms with Crippen LogP contribution in [0.15, 0.2) is 46.3 Å². The highest BCUT2D eigenvalue weighted by Crippen LogP contribution is 2.29. The molecule has 0 saturated heterocycles. The third-order valence-corrected chi connectivity index (χ3v) is 4.39. The number of rotatable bonds is 3. The van der Waals surface area contributed by atoms with Crippen molar-refractivity contribution >= 4 is 33.0 Å². The molecule has 1 atom stereocenters. The van der Waals surface area contributed by atoms with Gasteiger partial charge in [0.15, 0.2) is 5.78 Å². The molecular formula is C13H11BrOS. The molecule has 1 aromatic heterocycles. The van der Waals surface area contributed by atoms with Crippen LogP contribution in [-0.2, 0) is 0 Å².